The van der Waals surface area contributed by atoms with Gasteiger partial charge in [-0.15, -0.1) is 0 Å². The van der Waals surface area contributed by atoms with Crippen molar-refractivity contribution in [2.75, 3.05) is 0 Å². The van der Waals surface area contributed by atoms with E-state index in [1.54, 1.807) is 31.2 Å². The van der Waals surface area contributed by atoms with Crippen molar-refractivity contribution < 1.29 is 22.7 Å². The first kappa shape index (κ1) is 17.4. The number of allylic oxidation sites excluding steroid dienone is 1. The number of nitrogens with zero attached hydrogens (tertiary/aromatic N) is 1. The summed E-state index contributed by atoms with van der Waals surface area (Å²) in [6.45, 7) is 5.16. The fourth-order valence-corrected chi connectivity index (χ4v) is 1.72. The second kappa shape index (κ2) is 7.08. The Morgan fingerprint density at radius 2 is 1.50 bits per heavy atom. The van der Waals surface area contributed by atoms with Crippen LogP contribution in [0.3, 0.4) is 0 Å². The minimum absolute atomic E-state index is 0.166. The highest BCUT2D eigenvalue weighted by Crippen LogP contribution is 2.31. The van der Waals surface area contributed by atoms with E-state index in [0.29, 0.717) is 22.8 Å². The molecule has 0 aliphatic carbocycles. The molecule has 2 rings (SSSR count). The number of benzene rings is 2. The lowest BCUT2D eigenvalue weighted by atomic mass is 10.2. The van der Waals surface area contributed by atoms with Crippen LogP contribution in [0.1, 0.15) is 18.1 Å². The maximum atomic E-state index is 12.5. The lowest BCUT2D eigenvalue weighted by Gasteiger charge is -2.09. The van der Waals surface area contributed by atoms with Crippen LogP contribution in [-0.4, -0.2) is 5.84 Å². The van der Waals surface area contributed by atoms with Gasteiger partial charge >= 0.3 is 6.18 Å². The van der Waals surface area contributed by atoms with Gasteiger partial charge in [0.1, 0.15) is 17.3 Å². The van der Waals surface area contributed by atoms with Gasteiger partial charge in [-0.25, -0.2) is 0 Å². The quantitative estimate of drug-likeness (QED) is 0.374. The summed E-state index contributed by atoms with van der Waals surface area (Å²) in [5.41, 5.74) is 5.62. The SMILES string of the molecule is C=C(C)O/N=C(\N)c1ccc(Oc2ccc(C(F)(F)F)cc2)cc1. The van der Waals surface area contributed by atoms with Crippen LogP contribution in [0.15, 0.2) is 66.0 Å². The van der Waals surface area contributed by atoms with Crippen molar-refractivity contribution >= 4 is 5.84 Å². The van der Waals surface area contributed by atoms with Gasteiger partial charge in [0.05, 0.1) is 5.56 Å². The molecule has 0 spiro atoms. The molecule has 0 radical (unpaired) electrons. The van der Waals surface area contributed by atoms with Crippen LogP contribution in [0, 0.1) is 0 Å². The fourth-order valence-electron chi connectivity index (χ4n) is 1.72. The van der Waals surface area contributed by atoms with Crippen LogP contribution in [0.25, 0.3) is 0 Å². The molecule has 126 valence electrons. The van der Waals surface area contributed by atoms with Crippen LogP contribution in [0.2, 0.25) is 0 Å². The number of hydrogen-bond donors (Lipinski definition) is 1. The molecule has 4 nitrogen and oxygen atoms in total. The molecule has 2 aromatic rings. The third-order valence-electron chi connectivity index (χ3n) is 2.87. The van der Waals surface area contributed by atoms with Crippen LogP contribution >= 0.6 is 0 Å². The summed E-state index contributed by atoms with van der Waals surface area (Å²) in [7, 11) is 0. The van der Waals surface area contributed by atoms with Crippen molar-refractivity contribution in [2.45, 2.75) is 13.1 Å². The molecular formula is C17H15F3N2O2. The minimum Gasteiger partial charge on any atom is -0.457 e. The van der Waals surface area contributed by atoms with Crippen LogP contribution in [0.5, 0.6) is 11.5 Å². The molecular weight excluding hydrogens is 321 g/mol. The van der Waals surface area contributed by atoms with Gasteiger partial charge in [-0.2, -0.15) is 13.2 Å². The van der Waals surface area contributed by atoms with E-state index >= 15 is 0 Å². The Bertz CT molecular complexity index is 736. The third-order valence-corrected chi connectivity index (χ3v) is 2.87. The van der Waals surface area contributed by atoms with E-state index in [4.69, 9.17) is 15.3 Å². The van der Waals surface area contributed by atoms with E-state index in [1.165, 1.54) is 12.1 Å². The van der Waals surface area contributed by atoms with Gasteiger partial charge in [-0.3, -0.25) is 0 Å². The maximum absolute atomic E-state index is 12.5. The van der Waals surface area contributed by atoms with Crippen LogP contribution in [0.4, 0.5) is 13.2 Å². The van der Waals surface area contributed by atoms with E-state index < -0.39 is 11.7 Å². The van der Waals surface area contributed by atoms with E-state index in [2.05, 4.69) is 11.7 Å². The molecule has 2 aromatic carbocycles. The summed E-state index contributed by atoms with van der Waals surface area (Å²) in [6, 6.07) is 11.0. The zero-order valence-corrected chi connectivity index (χ0v) is 12.8. The standard InChI is InChI=1S/C17H15F3N2O2/c1-11(2)24-22-16(21)12-3-7-14(8-4-12)23-15-9-5-13(6-10-15)17(18,19)20/h3-10H,1H2,2H3,(H2,21,22). The van der Waals surface area contributed by atoms with Gasteiger partial charge in [-0.05, 0) is 55.5 Å². The van der Waals surface area contributed by atoms with Gasteiger partial charge in [0.25, 0.3) is 0 Å². The summed E-state index contributed by atoms with van der Waals surface area (Å²) < 4.78 is 43.0. The van der Waals surface area contributed by atoms with Gasteiger partial charge in [0, 0.05) is 5.56 Å². The molecule has 0 heterocycles. The number of halogens is 3. The van der Waals surface area contributed by atoms with Gasteiger partial charge in [-0.1, -0.05) is 11.7 Å². The van der Waals surface area contributed by atoms with Crippen molar-refractivity contribution in [3.63, 3.8) is 0 Å². The molecule has 0 amide bonds. The highest BCUT2D eigenvalue weighted by Gasteiger charge is 2.30. The largest absolute Gasteiger partial charge is 0.457 e. The first-order valence-electron chi connectivity index (χ1n) is 6.87. The zero-order valence-electron chi connectivity index (χ0n) is 12.8. The lowest BCUT2D eigenvalue weighted by Crippen LogP contribution is -2.13. The molecule has 0 bridgehead atoms. The number of ether oxygens (including phenoxy) is 1. The Hall–Kier alpha value is -2.96. The van der Waals surface area contributed by atoms with E-state index in [9.17, 15) is 13.2 Å². The van der Waals surface area contributed by atoms with Crippen molar-refractivity contribution in [1.82, 2.24) is 0 Å². The third kappa shape index (κ3) is 4.77. The van der Waals surface area contributed by atoms with Crippen molar-refractivity contribution in [1.29, 1.82) is 0 Å². The van der Waals surface area contributed by atoms with Crippen LogP contribution < -0.4 is 10.5 Å². The summed E-state index contributed by atoms with van der Waals surface area (Å²) in [4.78, 5) is 4.87. The normalized spacial score (nSPS) is 11.9. The molecule has 0 saturated heterocycles. The zero-order chi connectivity index (χ0) is 17.7. The molecule has 0 fully saturated rings. The number of alkyl halides is 3. The monoisotopic (exact) mass is 336 g/mol. The van der Waals surface area contributed by atoms with Crippen LogP contribution in [-0.2, 0) is 11.0 Å². The highest BCUT2D eigenvalue weighted by atomic mass is 19.4. The van der Waals surface area contributed by atoms with Gasteiger partial charge in [0.2, 0.25) is 0 Å². The average molecular weight is 336 g/mol. The Labute approximate surface area is 137 Å². The number of rotatable bonds is 5. The van der Waals surface area contributed by atoms with E-state index in [-0.39, 0.29) is 5.84 Å². The second-order valence-corrected chi connectivity index (χ2v) is 4.92. The number of hydrogen-bond acceptors (Lipinski definition) is 3. The van der Waals surface area contributed by atoms with Crippen molar-refractivity contribution in [3.8, 4) is 11.5 Å². The molecule has 0 aromatic heterocycles. The highest BCUT2D eigenvalue weighted by molar-refractivity contribution is 5.97. The molecule has 24 heavy (non-hydrogen) atoms. The first-order chi connectivity index (χ1) is 11.3. The molecule has 0 saturated carbocycles. The summed E-state index contributed by atoms with van der Waals surface area (Å²) in [5, 5.41) is 3.69. The van der Waals surface area contributed by atoms with Gasteiger partial charge in [0.15, 0.2) is 5.84 Å². The molecule has 0 atom stereocenters. The Morgan fingerprint density at radius 3 is 1.96 bits per heavy atom. The van der Waals surface area contributed by atoms with Crippen molar-refractivity contribution in [3.05, 3.63) is 72.0 Å². The topological polar surface area (TPSA) is 56.8 Å². The number of amidine groups is 1. The summed E-state index contributed by atoms with van der Waals surface area (Å²) >= 11 is 0. The predicted molar refractivity (Wildman–Crippen MR) is 84.6 cm³/mol. The van der Waals surface area contributed by atoms with Crippen molar-refractivity contribution in [2.24, 2.45) is 10.9 Å². The maximum Gasteiger partial charge on any atom is 0.416 e. The fraction of sp³-hybridized carbons (Fsp3) is 0.118. The Kier molecular flexibility index (Phi) is 5.13. The minimum atomic E-state index is -4.37. The van der Waals surface area contributed by atoms with E-state index in [1.807, 2.05) is 0 Å². The molecule has 0 unspecified atom stereocenters. The molecule has 0 aliphatic rings. The molecule has 0 aliphatic heterocycles. The average Bonchev–Trinajstić information content (AvgIpc) is 2.53. The van der Waals surface area contributed by atoms with E-state index in [0.717, 1.165) is 12.1 Å². The number of nitrogens with two attached hydrogens (primary N) is 1. The number of oxime groups is 1. The molecule has 2 N–H and O–H groups in total. The Balaban J connectivity index is 2.06. The predicted octanol–water partition coefficient (Wildman–Crippen LogP) is 4.67. The molecule has 7 heteroatoms. The van der Waals surface area contributed by atoms with Gasteiger partial charge < -0.3 is 15.3 Å². The second-order valence-electron chi connectivity index (χ2n) is 4.92. The smallest absolute Gasteiger partial charge is 0.416 e. The Morgan fingerprint density at radius 1 is 1.00 bits per heavy atom. The summed E-state index contributed by atoms with van der Waals surface area (Å²) in [5.74, 6) is 1.31. The first-order valence-corrected chi connectivity index (χ1v) is 6.87. The summed E-state index contributed by atoms with van der Waals surface area (Å²) in [6.07, 6.45) is -4.37. The lowest BCUT2D eigenvalue weighted by molar-refractivity contribution is -0.137.